The van der Waals surface area contributed by atoms with Gasteiger partial charge in [-0.05, 0) is 29.7 Å². The van der Waals surface area contributed by atoms with Crippen LogP contribution in [0.1, 0.15) is 23.6 Å². The van der Waals surface area contributed by atoms with Crippen molar-refractivity contribution in [3.05, 3.63) is 59.3 Å². The topological polar surface area (TPSA) is 50.9 Å². The lowest BCUT2D eigenvalue weighted by Gasteiger charge is -2.10. The number of anilines is 1. The number of pyridine rings is 1. The third-order valence-corrected chi connectivity index (χ3v) is 3.24. The molecule has 2 aromatic rings. The number of nitrogens with two attached hydrogens (primary N) is 1. The van der Waals surface area contributed by atoms with Gasteiger partial charge >= 0.3 is 0 Å². The van der Waals surface area contributed by atoms with E-state index in [1.807, 2.05) is 12.1 Å². The largest absolute Gasteiger partial charge is 0.389 e. The fourth-order valence-electron chi connectivity index (χ4n) is 1.94. The minimum absolute atomic E-state index is 0.388. The highest BCUT2D eigenvalue weighted by molar-refractivity contribution is 7.80. The van der Waals surface area contributed by atoms with Gasteiger partial charge in [-0.2, -0.15) is 0 Å². The molecule has 1 aromatic heterocycles. The van der Waals surface area contributed by atoms with Crippen molar-refractivity contribution in [2.24, 2.45) is 5.73 Å². The Morgan fingerprint density at radius 3 is 2.68 bits per heavy atom. The molecule has 0 atom stereocenters. The van der Waals surface area contributed by atoms with Crippen molar-refractivity contribution in [3.63, 3.8) is 0 Å². The van der Waals surface area contributed by atoms with Gasteiger partial charge in [0.2, 0.25) is 0 Å². The highest BCUT2D eigenvalue weighted by atomic mass is 32.1. The Labute approximate surface area is 118 Å². The van der Waals surface area contributed by atoms with Crippen LogP contribution in [0.5, 0.6) is 0 Å². The molecule has 0 radical (unpaired) electrons. The van der Waals surface area contributed by atoms with Crippen molar-refractivity contribution in [3.8, 4) is 0 Å². The number of aryl methyl sites for hydroxylation is 1. The zero-order valence-corrected chi connectivity index (χ0v) is 11.7. The van der Waals surface area contributed by atoms with Crippen molar-refractivity contribution in [2.45, 2.75) is 19.9 Å². The summed E-state index contributed by atoms with van der Waals surface area (Å²) in [7, 11) is 0. The molecule has 3 N–H and O–H groups in total. The minimum Gasteiger partial charge on any atom is -0.389 e. The Balaban J connectivity index is 2.10. The van der Waals surface area contributed by atoms with Crippen LogP contribution in [0.15, 0.2) is 42.6 Å². The molecule has 1 aromatic carbocycles. The van der Waals surface area contributed by atoms with E-state index in [0.717, 1.165) is 24.3 Å². The van der Waals surface area contributed by atoms with Gasteiger partial charge in [-0.15, -0.1) is 0 Å². The Hall–Kier alpha value is -1.94. The molecular formula is C15H17N3S. The van der Waals surface area contributed by atoms with Gasteiger partial charge in [-0.3, -0.25) is 0 Å². The van der Waals surface area contributed by atoms with Crippen LogP contribution >= 0.6 is 12.2 Å². The second kappa shape index (κ2) is 6.29. The van der Waals surface area contributed by atoms with Crippen LogP contribution in [0, 0.1) is 0 Å². The number of thiocarbonyl (C=S) groups is 1. The van der Waals surface area contributed by atoms with Gasteiger partial charge in [0.15, 0.2) is 0 Å². The van der Waals surface area contributed by atoms with Crippen LogP contribution in [0.3, 0.4) is 0 Å². The first-order valence-corrected chi connectivity index (χ1v) is 6.68. The number of hydrogen-bond acceptors (Lipinski definition) is 3. The second-order valence-corrected chi connectivity index (χ2v) is 4.71. The maximum absolute atomic E-state index is 5.61. The van der Waals surface area contributed by atoms with Gasteiger partial charge in [0.25, 0.3) is 0 Å². The number of benzene rings is 1. The predicted molar refractivity (Wildman–Crippen MR) is 83.3 cm³/mol. The standard InChI is InChI=1S/C15H17N3S/c1-2-11-5-3-4-6-13(11)10-18-14-9-12(15(16)19)7-8-17-14/h3-9H,2,10H2,1H3,(H2,16,19)(H,17,18). The summed E-state index contributed by atoms with van der Waals surface area (Å²) < 4.78 is 0. The number of hydrogen-bond donors (Lipinski definition) is 2. The number of nitrogens with zero attached hydrogens (tertiary/aromatic N) is 1. The Bertz CT molecular complexity index is 581. The maximum atomic E-state index is 5.61. The van der Waals surface area contributed by atoms with Gasteiger partial charge in [-0.1, -0.05) is 43.4 Å². The molecule has 3 nitrogen and oxygen atoms in total. The van der Waals surface area contributed by atoms with E-state index in [-0.39, 0.29) is 0 Å². The summed E-state index contributed by atoms with van der Waals surface area (Å²) >= 11 is 4.96. The lowest BCUT2D eigenvalue weighted by molar-refractivity contribution is 1.03. The summed E-state index contributed by atoms with van der Waals surface area (Å²) in [6.45, 7) is 2.91. The normalized spacial score (nSPS) is 10.2. The lowest BCUT2D eigenvalue weighted by Crippen LogP contribution is -2.10. The van der Waals surface area contributed by atoms with Crippen molar-refractivity contribution < 1.29 is 0 Å². The summed E-state index contributed by atoms with van der Waals surface area (Å²) in [6, 6.07) is 12.1. The molecule has 0 saturated carbocycles. The summed E-state index contributed by atoms with van der Waals surface area (Å²) in [4.78, 5) is 4.65. The monoisotopic (exact) mass is 271 g/mol. The number of rotatable bonds is 5. The number of nitrogens with one attached hydrogen (secondary N) is 1. The highest BCUT2D eigenvalue weighted by Gasteiger charge is 2.02. The third kappa shape index (κ3) is 3.51. The fraction of sp³-hybridized carbons (Fsp3) is 0.200. The molecule has 0 fully saturated rings. The molecule has 0 spiro atoms. The highest BCUT2D eigenvalue weighted by Crippen LogP contribution is 2.13. The van der Waals surface area contributed by atoms with Gasteiger partial charge in [0, 0.05) is 18.3 Å². The predicted octanol–water partition coefficient (Wildman–Crippen LogP) is 2.89. The van der Waals surface area contributed by atoms with E-state index in [2.05, 4.69) is 41.5 Å². The van der Waals surface area contributed by atoms with Crippen LogP contribution in [0.4, 0.5) is 5.82 Å². The molecule has 0 saturated heterocycles. The summed E-state index contributed by atoms with van der Waals surface area (Å²) in [5.74, 6) is 0.788. The number of aromatic nitrogens is 1. The third-order valence-electron chi connectivity index (χ3n) is 3.00. The summed E-state index contributed by atoms with van der Waals surface area (Å²) in [5.41, 5.74) is 9.07. The van der Waals surface area contributed by atoms with Crippen molar-refractivity contribution >= 4 is 23.0 Å². The molecular weight excluding hydrogens is 254 g/mol. The SMILES string of the molecule is CCc1ccccc1CNc1cc(C(N)=S)ccn1. The molecule has 19 heavy (non-hydrogen) atoms. The van der Waals surface area contributed by atoms with Gasteiger partial charge in [0.05, 0.1) is 0 Å². The van der Waals surface area contributed by atoms with Crippen LogP contribution in [-0.4, -0.2) is 9.97 Å². The first-order valence-electron chi connectivity index (χ1n) is 6.27. The van der Waals surface area contributed by atoms with E-state index >= 15 is 0 Å². The second-order valence-electron chi connectivity index (χ2n) is 4.27. The van der Waals surface area contributed by atoms with Crippen molar-refractivity contribution in [1.82, 2.24) is 4.98 Å². The van der Waals surface area contributed by atoms with E-state index < -0.39 is 0 Å². The molecule has 2 rings (SSSR count). The van der Waals surface area contributed by atoms with E-state index in [4.69, 9.17) is 18.0 Å². The molecule has 0 bridgehead atoms. The zero-order chi connectivity index (χ0) is 13.7. The Morgan fingerprint density at radius 2 is 2.00 bits per heavy atom. The van der Waals surface area contributed by atoms with Gasteiger partial charge in [-0.25, -0.2) is 4.98 Å². The lowest BCUT2D eigenvalue weighted by atomic mass is 10.1. The molecule has 0 aliphatic rings. The first kappa shape index (κ1) is 13.5. The van der Waals surface area contributed by atoms with E-state index in [1.165, 1.54) is 11.1 Å². The summed E-state index contributed by atoms with van der Waals surface area (Å²) in [6.07, 6.45) is 2.74. The minimum atomic E-state index is 0.388. The molecule has 0 aliphatic heterocycles. The quantitative estimate of drug-likeness (QED) is 0.821. The first-order chi connectivity index (χ1) is 9.20. The van der Waals surface area contributed by atoms with E-state index in [9.17, 15) is 0 Å². The Kier molecular flexibility index (Phi) is 4.47. The molecule has 1 heterocycles. The van der Waals surface area contributed by atoms with E-state index in [1.54, 1.807) is 6.20 Å². The summed E-state index contributed by atoms with van der Waals surface area (Å²) in [5, 5.41) is 3.30. The van der Waals surface area contributed by atoms with Crippen LogP contribution in [0.25, 0.3) is 0 Å². The van der Waals surface area contributed by atoms with Crippen LogP contribution in [-0.2, 0) is 13.0 Å². The average molecular weight is 271 g/mol. The molecule has 0 unspecified atom stereocenters. The Morgan fingerprint density at radius 1 is 1.26 bits per heavy atom. The molecule has 0 amide bonds. The van der Waals surface area contributed by atoms with E-state index in [0.29, 0.717) is 4.99 Å². The fourth-order valence-corrected chi connectivity index (χ4v) is 2.07. The van der Waals surface area contributed by atoms with Crippen molar-refractivity contribution in [2.75, 3.05) is 5.32 Å². The maximum Gasteiger partial charge on any atom is 0.126 e. The van der Waals surface area contributed by atoms with Gasteiger partial charge < -0.3 is 11.1 Å². The zero-order valence-electron chi connectivity index (χ0n) is 10.9. The molecule has 0 aliphatic carbocycles. The van der Waals surface area contributed by atoms with Gasteiger partial charge in [0.1, 0.15) is 10.8 Å². The molecule has 98 valence electrons. The van der Waals surface area contributed by atoms with Crippen LogP contribution in [0.2, 0.25) is 0 Å². The van der Waals surface area contributed by atoms with Crippen LogP contribution < -0.4 is 11.1 Å². The van der Waals surface area contributed by atoms with Crippen molar-refractivity contribution in [1.29, 1.82) is 0 Å². The molecule has 4 heteroatoms. The smallest absolute Gasteiger partial charge is 0.126 e. The average Bonchev–Trinajstić information content (AvgIpc) is 2.45.